The van der Waals surface area contributed by atoms with Crippen LogP contribution in [0.5, 0.6) is 0 Å². The number of allylic oxidation sites excluding steroid dienone is 4. The van der Waals surface area contributed by atoms with E-state index in [9.17, 15) is 0 Å². The van der Waals surface area contributed by atoms with Crippen LogP contribution in [0, 0.1) is 0 Å². The molecule has 6 aromatic carbocycles. The van der Waals surface area contributed by atoms with Crippen molar-refractivity contribution in [2.75, 3.05) is 0 Å². The van der Waals surface area contributed by atoms with Gasteiger partial charge in [0.15, 0.2) is 0 Å². The fourth-order valence-electron chi connectivity index (χ4n) is 6.61. The second-order valence-electron chi connectivity index (χ2n) is 12.4. The maximum Gasteiger partial charge on any atom is 0.0711 e. The molecule has 0 aliphatic heterocycles. The van der Waals surface area contributed by atoms with E-state index in [4.69, 9.17) is 4.98 Å². The Kier molecular flexibility index (Phi) is 8.17. The molecule has 0 saturated heterocycles. The quantitative estimate of drug-likeness (QED) is 0.174. The van der Waals surface area contributed by atoms with Gasteiger partial charge in [0.25, 0.3) is 0 Å². The van der Waals surface area contributed by atoms with Crippen LogP contribution in [-0.2, 0) is 0 Å². The summed E-state index contributed by atoms with van der Waals surface area (Å²) >= 11 is 0. The van der Waals surface area contributed by atoms with Crippen LogP contribution in [0.25, 0.3) is 66.9 Å². The average Bonchev–Trinajstić information content (AvgIpc) is 3.19. The molecule has 0 saturated carbocycles. The minimum Gasteiger partial charge on any atom is -0.252 e. The maximum absolute atomic E-state index is 5.15. The van der Waals surface area contributed by atoms with Gasteiger partial charge in [0.2, 0.25) is 0 Å². The number of rotatable bonds is 7. The predicted molar refractivity (Wildman–Crippen MR) is 202 cm³/mol. The number of pyridine rings is 1. The molecule has 0 spiro atoms. The van der Waals surface area contributed by atoms with Crippen molar-refractivity contribution >= 4 is 0 Å². The van der Waals surface area contributed by atoms with Crippen molar-refractivity contribution < 1.29 is 0 Å². The van der Waals surface area contributed by atoms with Crippen LogP contribution in [0.15, 0.2) is 194 Å². The molecule has 0 bridgehead atoms. The fourth-order valence-corrected chi connectivity index (χ4v) is 6.61. The third-order valence-corrected chi connectivity index (χ3v) is 9.15. The van der Waals surface area contributed by atoms with Gasteiger partial charge < -0.3 is 0 Å². The van der Waals surface area contributed by atoms with E-state index in [0.29, 0.717) is 0 Å². The topological polar surface area (TPSA) is 12.9 Å². The Hall–Kier alpha value is -6.05. The Morgan fingerprint density at radius 2 is 0.771 bits per heavy atom. The summed E-state index contributed by atoms with van der Waals surface area (Å²) in [5.74, 6) is 0.268. The molecule has 1 unspecified atom stereocenters. The molecule has 8 rings (SSSR count). The number of hydrogen-bond acceptors (Lipinski definition) is 1. The van der Waals surface area contributed by atoms with Gasteiger partial charge in [-0.2, -0.15) is 0 Å². The molecular formula is C47H35N. The van der Waals surface area contributed by atoms with Crippen LogP contribution in [0.2, 0.25) is 0 Å². The highest BCUT2D eigenvalue weighted by Gasteiger charge is 2.15. The molecule has 0 N–H and O–H groups in total. The summed E-state index contributed by atoms with van der Waals surface area (Å²) in [6.07, 6.45) is 9.71. The van der Waals surface area contributed by atoms with Crippen molar-refractivity contribution in [3.63, 3.8) is 0 Å². The summed E-state index contributed by atoms with van der Waals surface area (Å²) in [4.78, 5) is 5.15. The van der Waals surface area contributed by atoms with Crippen molar-refractivity contribution in [1.29, 1.82) is 0 Å². The lowest BCUT2D eigenvalue weighted by atomic mass is 9.91. The fraction of sp³-hybridized carbons (Fsp3) is 0.0426. The Morgan fingerprint density at radius 1 is 0.354 bits per heavy atom. The number of hydrogen-bond donors (Lipinski definition) is 0. The molecule has 1 nitrogen and oxygen atoms in total. The monoisotopic (exact) mass is 613 g/mol. The van der Waals surface area contributed by atoms with E-state index in [1.807, 2.05) is 0 Å². The SMILES string of the molecule is C1=CCC(c2cc(-c3cccc(-c4cccc(-c5cc(-c6ccccc6)cc(-c6ccccc6)c5)c4)c3)cc(-c3ccccc3)n2)C=C1. The summed E-state index contributed by atoms with van der Waals surface area (Å²) in [6.45, 7) is 0. The Morgan fingerprint density at radius 3 is 1.27 bits per heavy atom. The van der Waals surface area contributed by atoms with Gasteiger partial charge in [-0.15, -0.1) is 0 Å². The molecule has 1 heteroatoms. The van der Waals surface area contributed by atoms with Crippen LogP contribution in [0.3, 0.4) is 0 Å². The summed E-state index contributed by atoms with van der Waals surface area (Å²) < 4.78 is 0. The van der Waals surface area contributed by atoms with Gasteiger partial charge in [-0.25, -0.2) is 0 Å². The van der Waals surface area contributed by atoms with Gasteiger partial charge in [0, 0.05) is 17.2 Å². The van der Waals surface area contributed by atoms with Crippen LogP contribution < -0.4 is 0 Å². The van der Waals surface area contributed by atoms with Crippen molar-refractivity contribution in [3.05, 3.63) is 200 Å². The first-order valence-corrected chi connectivity index (χ1v) is 16.6. The summed E-state index contributed by atoms with van der Waals surface area (Å²) in [7, 11) is 0. The molecule has 48 heavy (non-hydrogen) atoms. The first-order chi connectivity index (χ1) is 23.8. The van der Waals surface area contributed by atoms with Crippen molar-refractivity contribution in [2.24, 2.45) is 0 Å². The van der Waals surface area contributed by atoms with E-state index in [0.717, 1.165) is 23.4 Å². The lowest BCUT2D eigenvalue weighted by molar-refractivity contribution is 0.818. The van der Waals surface area contributed by atoms with Gasteiger partial charge in [-0.1, -0.05) is 152 Å². The van der Waals surface area contributed by atoms with Gasteiger partial charge in [-0.3, -0.25) is 4.98 Å². The Balaban J connectivity index is 1.19. The van der Waals surface area contributed by atoms with Crippen LogP contribution in [0.1, 0.15) is 18.0 Å². The molecule has 0 radical (unpaired) electrons. The summed E-state index contributed by atoms with van der Waals surface area (Å²) in [5.41, 5.74) is 15.3. The highest BCUT2D eigenvalue weighted by Crippen LogP contribution is 2.36. The molecule has 7 aromatic rings. The second-order valence-corrected chi connectivity index (χ2v) is 12.4. The minimum atomic E-state index is 0.268. The first kappa shape index (κ1) is 29.4. The van der Waals surface area contributed by atoms with E-state index in [-0.39, 0.29) is 5.92 Å². The Bertz CT molecular complexity index is 2190. The highest BCUT2D eigenvalue weighted by molar-refractivity contribution is 5.84. The molecule has 1 heterocycles. The van der Waals surface area contributed by atoms with E-state index in [2.05, 4.69) is 194 Å². The van der Waals surface area contributed by atoms with Gasteiger partial charge in [0.1, 0.15) is 0 Å². The molecule has 1 aliphatic rings. The maximum atomic E-state index is 5.15. The highest BCUT2D eigenvalue weighted by atomic mass is 14.7. The molecule has 0 amide bonds. The smallest absolute Gasteiger partial charge is 0.0711 e. The third-order valence-electron chi connectivity index (χ3n) is 9.15. The molecule has 1 aromatic heterocycles. The zero-order valence-corrected chi connectivity index (χ0v) is 26.7. The largest absolute Gasteiger partial charge is 0.252 e. The molecular weight excluding hydrogens is 579 g/mol. The number of aromatic nitrogens is 1. The summed E-state index contributed by atoms with van der Waals surface area (Å²) in [5, 5.41) is 0. The van der Waals surface area contributed by atoms with E-state index in [1.165, 1.54) is 55.6 Å². The van der Waals surface area contributed by atoms with Crippen molar-refractivity contribution in [2.45, 2.75) is 12.3 Å². The van der Waals surface area contributed by atoms with Crippen LogP contribution >= 0.6 is 0 Å². The van der Waals surface area contributed by atoms with E-state index in [1.54, 1.807) is 0 Å². The predicted octanol–water partition coefficient (Wildman–Crippen LogP) is 12.7. The second kappa shape index (κ2) is 13.4. The average molecular weight is 614 g/mol. The van der Waals surface area contributed by atoms with Gasteiger partial charge in [-0.05, 0) is 105 Å². The van der Waals surface area contributed by atoms with Crippen molar-refractivity contribution in [1.82, 2.24) is 4.98 Å². The van der Waals surface area contributed by atoms with Crippen molar-refractivity contribution in [3.8, 4) is 66.9 Å². The molecule has 0 fully saturated rings. The Labute approximate surface area is 283 Å². The molecule has 1 aliphatic carbocycles. The van der Waals surface area contributed by atoms with Crippen LogP contribution in [-0.4, -0.2) is 4.98 Å². The zero-order chi connectivity index (χ0) is 32.1. The van der Waals surface area contributed by atoms with E-state index >= 15 is 0 Å². The van der Waals surface area contributed by atoms with Crippen LogP contribution in [0.4, 0.5) is 0 Å². The lowest BCUT2D eigenvalue weighted by Gasteiger charge is -2.16. The summed E-state index contributed by atoms with van der Waals surface area (Å²) in [6, 6.07) is 61.1. The molecule has 1 atom stereocenters. The minimum absolute atomic E-state index is 0.268. The standard InChI is InChI=1S/C47H35N/c1-5-15-34(16-6-1)42-29-43(35-17-7-2-8-18-35)31-44(30-42)40-25-13-23-38(27-40)39-24-14-26-41(28-39)45-32-46(36-19-9-3-10-20-36)48-47(33-45)37-21-11-4-12-22-37/h1-21,23-33,37H,22H2. The van der Waals surface area contributed by atoms with Gasteiger partial charge in [0.05, 0.1) is 5.69 Å². The zero-order valence-electron chi connectivity index (χ0n) is 26.7. The molecule has 228 valence electrons. The normalized spacial score (nSPS) is 13.8. The lowest BCUT2D eigenvalue weighted by Crippen LogP contribution is -2.01. The van der Waals surface area contributed by atoms with E-state index < -0.39 is 0 Å². The first-order valence-electron chi connectivity index (χ1n) is 16.6. The van der Waals surface area contributed by atoms with Gasteiger partial charge >= 0.3 is 0 Å². The third kappa shape index (κ3) is 6.32. The number of benzene rings is 6. The number of nitrogens with zero attached hydrogens (tertiary/aromatic N) is 1.